The maximum Gasteiger partial charge on any atom is 0.224 e. The van der Waals surface area contributed by atoms with Gasteiger partial charge in [0.05, 0.1) is 10.6 Å². The molecule has 34 heavy (non-hydrogen) atoms. The third-order valence-corrected chi connectivity index (χ3v) is 6.13. The van der Waals surface area contributed by atoms with Crippen LogP contribution in [0, 0.1) is 17.2 Å². The van der Waals surface area contributed by atoms with Crippen molar-refractivity contribution in [1.29, 1.82) is 5.26 Å². The molecule has 0 spiro atoms. The summed E-state index contributed by atoms with van der Waals surface area (Å²) < 4.78 is 2.26. The summed E-state index contributed by atoms with van der Waals surface area (Å²) in [5.41, 5.74) is 3.91. The Morgan fingerprint density at radius 1 is 0.941 bits per heavy atom. The van der Waals surface area contributed by atoms with Gasteiger partial charge in [0.1, 0.15) is 6.07 Å². The predicted octanol–water partition coefficient (Wildman–Crippen LogP) is 6.33. The van der Waals surface area contributed by atoms with E-state index in [4.69, 9.17) is 16.9 Å². The Balaban J connectivity index is 1.38. The SMILES string of the molecule is CCn1c2ccccc2c2cc(NC(=O)CC(C)CC(=O)Nc3ccc(C#N)c(Cl)c3)ccc21. The molecule has 1 heterocycles. The number of fused-ring (bicyclic) bond motifs is 3. The second-order valence-electron chi connectivity index (χ2n) is 8.41. The number of amides is 2. The lowest BCUT2D eigenvalue weighted by Gasteiger charge is -2.12. The number of anilines is 2. The first-order valence-corrected chi connectivity index (χ1v) is 11.6. The molecule has 0 aliphatic carbocycles. The summed E-state index contributed by atoms with van der Waals surface area (Å²) in [6.07, 6.45) is 0.407. The maximum atomic E-state index is 12.6. The van der Waals surface area contributed by atoms with Crippen LogP contribution >= 0.6 is 11.6 Å². The minimum absolute atomic E-state index is 0.139. The van der Waals surface area contributed by atoms with Crippen LogP contribution in [0.25, 0.3) is 21.8 Å². The fourth-order valence-electron chi connectivity index (χ4n) is 4.28. The number of nitrogens with zero attached hydrogens (tertiary/aromatic N) is 2. The molecule has 4 rings (SSSR count). The van der Waals surface area contributed by atoms with Crippen LogP contribution < -0.4 is 10.6 Å². The van der Waals surface area contributed by atoms with E-state index in [0.29, 0.717) is 11.3 Å². The number of rotatable bonds is 7. The molecule has 0 saturated heterocycles. The summed E-state index contributed by atoms with van der Waals surface area (Å²) in [5, 5.41) is 17.2. The average molecular weight is 473 g/mol. The van der Waals surface area contributed by atoms with Crippen molar-refractivity contribution in [3.8, 4) is 6.07 Å². The maximum absolute atomic E-state index is 12.6. The molecule has 2 N–H and O–H groups in total. The van der Waals surface area contributed by atoms with Crippen LogP contribution in [0.2, 0.25) is 5.02 Å². The molecule has 0 radical (unpaired) electrons. The molecular weight excluding hydrogens is 448 g/mol. The Morgan fingerprint density at radius 3 is 2.21 bits per heavy atom. The van der Waals surface area contributed by atoms with Gasteiger partial charge in [-0.1, -0.05) is 36.7 Å². The smallest absolute Gasteiger partial charge is 0.224 e. The zero-order valence-electron chi connectivity index (χ0n) is 19.1. The van der Waals surface area contributed by atoms with Crippen LogP contribution in [0.3, 0.4) is 0 Å². The number of carbonyl (C=O) groups is 2. The Labute approximate surface area is 203 Å². The summed E-state index contributed by atoms with van der Waals surface area (Å²) in [7, 11) is 0. The van der Waals surface area contributed by atoms with Crippen molar-refractivity contribution in [3.63, 3.8) is 0 Å². The molecule has 4 aromatic rings. The van der Waals surface area contributed by atoms with Crippen LogP contribution in [-0.2, 0) is 16.1 Å². The number of carbonyl (C=O) groups excluding carboxylic acids is 2. The lowest BCUT2D eigenvalue weighted by molar-refractivity contribution is -0.118. The fourth-order valence-corrected chi connectivity index (χ4v) is 4.51. The van der Waals surface area contributed by atoms with Gasteiger partial charge < -0.3 is 15.2 Å². The third kappa shape index (κ3) is 4.90. The topological polar surface area (TPSA) is 86.9 Å². The van der Waals surface area contributed by atoms with Gasteiger partial charge in [-0.3, -0.25) is 9.59 Å². The molecule has 7 heteroatoms. The van der Waals surface area contributed by atoms with Crippen LogP contribution in [0.15, 0.2) is 60.7 Å². The average Bonchev–Trinajstić information content (AvgIpc) is 3.12. The van der Waals surface area contributed by atoms with Crippen LogP contribution in [0.4, 0.5) is 11.4 Å². The highest BCUT2D eigenvalue weighted by Gasteiger charge is 2.15. The highest BCUT2D eigenvalue weighted by atomic mass is 35.5. The normalized spacial score (nSPS) is 11.8. The number of para-hydroxylation sites is 1. The van der Waals surface area contributed by atoms with Crippen molar-refractivity contribution in [2.24, 2.45) is 5.92 Å². The monoisotopic (exact) mass is 472 g/mol. The van der Waals surface area contributed by atoms with Gasteiger partial charge in [0.2, 0.25) is 11.8 Å². The lowest BCUT2D eigenvalue weighted by atomic mass is 10.0. The molecule has 0 bridgehead atoms. The van der Waals surface area contributed by atoms with E-state index >= 15 is 0 Å². The molecule has 1 atom stereocenters. The molecule has 0 fully saturated rings. The molecule has 0 aliphatic rings. The Bertz CT molecular complexity index is 1430. The van der Waals surface area contributed by atoms with Crippen molar-refractivity contribution >= 4 is 56.6 Å². The van der Waals surface area contributed by atoms with E-state index in [9.17, 15) is 9.59 Å². The lowest BCUT2D eigenvalue weighted by Crippen LogP contribution is -2.20. The molecule has 1 aromatic heterocycles. The van der Waals surface area contributed by atoms with Gasteiger partial charge in [-0.15, -0.1) is 0 Å². The summed E-state index contributed by atoms with van der Waals surface area (Å²) >= 11 is 6.01. The van der Waals surface area contributed by atoms with Crippen molar-refractivity contribution in [1.82, 2.24) is 4.57 Å². The number of aromatic nitrogens is 1. The van der Waals surface area contributed by atoms with Crippen molar-refractivity contribution in [2.75, 3.05) is 10.6 Å². The van der Waals surface area contributed by atoms with Gasteiger partial charge >= 0.3 is 0 Å². The molecule has 0 aliphatic heterocycles. The van der Waals surface area contributed by atoms with Gasteiger partial charge in [-0.2, -0.15) is 5.26 Å². The minimum Gasteiger partial charge on any atom is -0.341 e. The first kappa shape index (κ1) is 23.3. The van der Waals surface area contributed by atoms with Crippen LogP contribution in [-0.4, -0.2) is 16.4 Å². The Kier molecular flexibility index (Phi) is 6.85. The zero-order chi connectivity index (χ0) is 24.2. The second-order valence-corrected chi connectivity index (χ2v) is 8.82. The molecule has 3 aromatic carbocycles. The van der Waals surface area contributed by atoms with E-state index < -0.39 is 0 Å². The molecule has 172 valence electrons. The van der Waals surface area contributed by atoms with Crippen LogP contribution in [0.5, 0.6) is 0 Å². The first-order valence-electron chi connectivity index (χ1n) is 11.2. The molecule has 0 saturated carbocycles. The predicted molar refractivity (Wildman–Crippen MR) is 137 cm³/mol. The van der Waals surface area contributed by atoms with E-state index in [1.807, 2.05) is 43.3 Å². The molecule has 6 nitrogen and oxygen atoms in total. The number of nitrogens with one attached hydrogen (secondary N) is 2. The summed E-state index contributed by atoms with van der Waals surface area (Å²) in [6, 6.07) is 20.9. The molecular formula is C27H25ClN4O2. The number of hydrogen-bond acceptors (Lipinski definition) is 3. The first-order chi connectivity index (χ1) is 16.4. The summed E-state index contributed by atoms with van der Waals surface area (Å²) in [5.74, 6) is -0.505. The van der Waals surface area contributed by atoms with E-state index in [0.717, 1.165) is 28.5 Å². The molecule has 1 unspecified atom stereocenters. The molecule has 2 amide bonds. The summed E-state index contributed by atoms with van der Waals surface area (Å²) in [4.78, 5) is 25.0. The van der Waals surface area contributed by atoms with Crippen molar-refractivity contribution in [2.45, 2.75) is 33.2 Å². The van der Waals surface area contributed by atoms with Crippen molar-refractivity contribution < 1.29 is 9.59 Å². The second kappa shape index (κ2) is 9.98. The standard InChI is InChI=1S/C27H25ClN4O2/c1-3-32-24-7-5-4-6-21(24)22-14-19(10-11-25(22)32)30-26(33)12-17(2)13-27(34)31-20-9-8-18(16-29)23(28)15-20/h4-11,14-15,17H,3,12-13H2,1-2H3,(H,30,33)(H,31,34). The largest absolute Gasteiger partial charge is 0.341 e. The number of nitriles is 1. The highest BCUT2D eigenvalue weighted by Crippen LogP contribution is 2.31. The van der Waals surface area contributed by atoms with Gasteiger partial charge in [0, 0.05) is 52.6 Å². The van der Waals surface area contributed by atoms with Gasteiger partial charge in [-0.25, -0.2) is 0 Å². The van der Waals surface area contributed by atoms with E-state index in [2.05, 4.69) is 34.3 Å². The van der Waals surface area contributed by atoms with Crippen molar-refractivity contribution in [3.05, 3.63) is 71.2 Å². The number of hydrogen-bond donors (Lipinski definition) is 2. The number of halogens is 1. The van der Waals surface area contributed by atoms with E-state index in [1.165, 1.54) is 5.52 Å². The Morgan fingerprint density at radius 2 is 1.56 bits per heavy atom. The quantitative estimate of drug-likeness (QED) is 0.329. The number of aryl methyl sites for hydroxylation is 1. The van der Waals surface area contributed by atoms with Crippen LogP contribution in [0.1, 0.15) is 32.3 Å². The van der Waals surface area contributed by atoms with Gasteiger partial charge in [0.25, 0.3) is 0 Å². The van der Waals surface area contributed by atoms with E-state index in [1.54, 1.807) is 18.2 Å². The Hall–Kier alpha value is -3.82. The van der Waals surface area contributed by atoms with E-state index in [-0.39, 0.29) is 35.6 Å². The minimum atomic E-state index is -0.213. The zero-order valence-corrected chi connectivity index (χ0v) is 19.8. The number of benzene rings is 3. The fraction of sp³-hybridized carbons (Fsp3) is 0.222. The highest BCUT2D eigenvalue weighted by molar-refractivity contribution is 6.32. The van der Waals surface area contributed by atoms with Gasteiger partial charge in [-0.05, 0) is 55.3 Å². The summed E-state index contributed by atoms with van der Waals surface area (Å²) in [6.45, 7) is 4.85. The third-order valence-electron chi connectivity index (χ3n) is 5.81. The van der Waals surface area contributed by atoms with Gasteiger partial charge in [0.15, 0.2) is 0 Å².